The van der Waals surface area contributed by atoms with Crippen molar-refractivity contribution in [3.8, 4) is 5.75 Å². The van der Waals surface area contributed by atoms with Crippen LogP contribution in [-0.2, 0) is 4.74 Å². The minimum Gasteiger partial charge on any atom is -0.496 e. The second kappa shape index (κ2) is 8.05. The highest BCUT2D eigenvalue weighted by atomic mass is 79.9. The van der Waals surface area contributed by atoms with E-state index in [0.29, 0.717) is 17.9 Å². The summed E-state index contributed by atoms with van der Waals surface area (Å²) in [6.45, 7) is 2.79. The summed E-state index contributed by atoms with van der Waals surface area (Å²) in [6, 6.07) is 5.39. The Kier molecular flexibility index (Phi) is 6.71. The Morgan fingerprint density at radius 1 is 1.47 bits per heavy atom. The number of hydrogen-bond donors (Lipinski definition) is 0. The van der Waals surface area contributed by atoms with Crippen molar-refractivity contribution < 1.29 is 14.3 Å². The number of methoxy groups -OCH3 is 1. The van der Waals surface area contributed by atoms with Crippen molar-refractivity contribution in [1.29, 1.82) is 0 Å². The Hall–Kier alpha value is -1.23. The highest BCUT2D eigenvalue weighted by Gasteiger charge is 2.11. The summed E-state index contributed by atoms with van der Waals surface area (Å²) in [6.07, 6.45) is 2.92. The van der Waals surface area contributed by atoms with Crippen LogP contribution < -0.4 is 4.74 Å². The lowest BCUT2D eigenvalue weighted by atomic mass is 10.0. The van der Waals surface area contributed by atoms with Gasteiger partial charge in [-0.1, -0.05) is 29.3 Å². The molecular formula is C14H18BBrO3. The van der Waals surface area contributed by atoms with E-state index >= 15 is 0 Å². The van der Waals surface area contributed by atoms with E-state index in [2.05, 4.69) is 22.9 Å². The first-order valence-electron chi connectivity index (χ1n) is 6.26. The predicted octanol–water partition coefficient (Wildman–Crippen LogP) is 2.98. The Morgan fingerprint density at radius 3 is 2.74 bits per heavy atom. The summed E-state index contributed by atoms with van der Waals surface area (Å²) >= 11 is 3.39. The van der Waals surface area contributed by atoms with Gasteiger partial charge in [0.25, 0.3) is 0 Å². The van der Waals surface area contributed by atoms with Crippen molar-refractivity contribution >= 4 is 35.8 Å². The van der Waals surface area contributed by atoms with E-state index in [1.807, 2.05) is 13.9 Å². The first kappa shape index (κ1) is 15.8. The minimum absolute atomic E-state index is 0.582. The van der Waals surface area contributed by atoms with Crippen LogP contribution in [0.2, 0.25) is 0 Å². The molecule has 102 valence electrons. The van der Waals surface area contributed by atoms with Crippen molar-refractivity contribution in [2.75, 3.05) is 13.7 Å². The Labute approximate surface area is 123 Å². The Morgan fingerprint density at radius 2 is 2.21 bits per heavy atom. The lowest BCUT2D eigenvalue weighted by Crippen LogP contribution is -2.00. The molecule has 1 aromatic carbocycles. The van der Waals surface area contributed by atoms with Crippen LogP contribution in [0.25, 0.3) is 5.76 Å². The zero-order chi connectivity index (χ0) is 14.3. The zero-order valence-electron chi connectivity index (χ0n) is 11.5. The van der Waals surface area contributed by atoms with Gasteiger partial charge in [0.1, 0.15) is 11.5 Å². The normalized spacial score (nSPS) is 11.7. The lowest BCUT2D eigenvalue weighted by Gasteiger charge is -2.13. The van der Waals surface area contributed by atoms with Gasteiger partial charge in [-0.15, -0.1) is 0 Å². The van der Waals surface area contributed by atoms with Crippen LogP contribution in [0.3, 0.4) is 0 Å². The van der Waals surface area contributed by atoms with Gasteiger partial charge < -0.3 is 9.47 Å². The largest absolute Gasteiger partial charge is 0.496 e. The topological polar surface area (TPSA) is 35.5 Å². The smallest absolute Gasteiger partial charge is 0.153 e. The molecule has 5 heteroatoms. The fourth-order valence-corrected chi connectivity index (χ4v) is 2.07. The molecule has 0 saturated heterocycles. The summed E-state index contributed by atoms with van der Waals surface area (Å²) in [4.78, 5) is 11.1. The van der Waals surface area contributed by atoms with E-state index in [1.165, 1.54) is 0 Å². The zero-order valence-corrected chi connectivity index (χ0v) is 13.1. The van der Waals surface area contributed by atoms with E-state index in [9.17, 15) is 4.79 Å². The average molecular weight is 325 g/mol. The number of benzene rings is 1. The van der Waals surface area contributed by atoms with Gasteiger partial charge in [-0.05, 0) is 29.0 Å². The molecule has 0 heterocycles. The summed E-state index contributed by atoms with van der Waals surface area (Å²) in [5.41, 5.74) is 1.32. The molecule has 0 spiro atoms. The number of ether oxygens (including phenoxy) is 2. The molecule has 0 amide bonds. The number of carbonyl (C=O) groups is 1. The third-order valence-corrected chi connectivity index (χ3v) is 3.04. The van der Waals surface area contributed by atoms with Gasteiger partial charge in [0.05, 0.1) is 13.7 Å². The van der Waals surface area contributed by atoms with Crippen LogP contribution in [0.15, 0.2) is 22.6 Å². The third kappa shape index (κ3) is 4.42. The van der Waals surface area contributed by atoms with Gasteiger partial charge in [-0.25, -0.2) is 0 Å². The number of rotatable bonds is 7. The molecule has 0 aliphatic rings. The summed E-state index contributed by atoms with van der Waals surface area (Å²) in [5.74, 6) is 1.39. The second-order valence-electron chi connectivity index (χ2n) is 4.14. The number of unbranched alkanes of at least 4 members (excludes halogenated alkanes) is 1. The van der Waals surface area contributed by atoms with E-state index in [1.54, 1.807) is 19.2 Å². The van der Waals surface area contributed by atoms with Crippen molar-refractivity contribution in [3.05, 3.63) is 33.7 Å². The maximum atomic E-state index is 11.1. The molecule has 1 aromatic rings. The number of aldehydes is 1. The Balaban J connectivity index is 3.09. The van der Waals surface area contributed by atoms with Crippen molar-refractivity contribution in [3.63, 3.8) is 0 Å². The van der Waals surface area contributed by atoms with Crippen molar-refractivity contribution in [1.82, 2.24) is 0 Å². The molecule has 0 bridgehead atoms. The molecule has 0 atom stereocenters. The van der Waals surface area contributed by atoms with Crippen molar-refractivity contribution in [2.24, 2.45) is 0 Å². The first-order valence-corrected chi connectivity index (χ1v) is 7.06. The molecule has 0 aliphatic carbocycles. The summed E-state index contributed by atoms with van der Waals surface area (Å²) < 4.78 is 11.8. The van der Waals surface area contributed by atoms with Crippen LogP contribution in [0.5, 0.6) is 5.75 Å². The van der Waals surface area contributed by atoms with Crippen LogP contribution in [0.1, 0.15) is 35.7 Å². The molecule has 1 rings (SSSR count). The third-order valence-electron chi connectivity index (χ3n) is 2.68. The van der Waals surface area contributed by atoms with Gasteiger partial charge in [0, 0.05) is 11.1 Å². The highest BCUT2D eigenvalue weighted by Crippen LogP contribution is 2.27. The fourth-order valence-electron chi connectivity index (χ4n) is 1.70. The molecule has 0 aromatic heterocycles. The number of carbonyl (C=O) groups excluding carboxylic acids is 1. The van der Waals surface area contributed by atoms with Gasteiger partial charge in [-0.3, -0.25) is 4.79 Å². The lowest BCUT2D eigenvalue weighted by molar-refractivity contribution is 0.112. The van der Waals surface area contributed by atoms with Crippen LogP contribution in [-0.4, -0.2) is 27.8 Å². The van der Waals surface area contributed by atoms with E-state index < -0.39 is 0 Å². The minimum atomic E-state index is 0.582. The maximum Gasteiger partial charge on any atom is 0.153 e. The average Bonchev–Trinajstić information content (AvgIpc) is 2.40. The van der Waals surface area contributed by atoms with Crippen LogP contribution in [0, 0.1) is 0 Å². The van der Waals surface area contributed by atoms with Gasteiger partial charge in [0.15, 0.2) is 14.1 Å². The van der Waals surface area contributed by atoms with Crippen molar-refractivity contribution in [2.45, 2.75) is 19.8 Å². The molecule has 19 heavy (non-hydrogen) atoms. The van der Waals surface area contributed by atoms with Gasteiger partial charge in [-0.2, -0.15) is 0 Å². The molecule has 0 saturated carbocycles. The van der Waals surface area contributed by atoms with E-state index in [-0.39, 0.29) is 0 Å². The maximum absolute atomic E-state index is 11.1. The van der Waals surface area contributed by atoms with Gasteiger partial charge >= 0.3 is 0 Å². The highest BCUT2D eigenvalue weighted by molar-refractivity contribution is 9.12. The standard InChI is InChI=1S/C14H18BBrO3/c1-3-4-7-19-11-6-5-10(9-17)12(8-11)13(18-2)14(15)16/h5-6,8-9H,3-4,7,15H2,1-2H3/b14-13+. The summed E-state index contributed by atoms with van der Waals surface area (Å²) in [7, 11) is 3.46. The van der Waals surface area contributed by atoms with Crippen LogP contribution >= 0.6 is 15.9 Å². The van der Waals surface area contributed by atoms with E-state index in [0.717, 1.165) is 34.8 Å². The molecule has 0 aliphatic heterocycles. The molecular weight excluding hydrogens is 307 g/mol. The SMILES string of the molecule is B/C(Br)=C(\OC)c1cc(OCCCC)ccc1C=O. The Bertz CT molecular complexity index is 468. The predicted molar refractivity (Wildman–Crippen MR) is 83.6 cm³/mol. The second-order valence-corrected chi connectivity index (χ2v) is 5.33. The fraction of sp³-hybridized carbons (Fsp3) is 0.357. The molecule has 0 N–H and O–H groups in total. The molecule has 0 unspecified atom stereocenters. The monoisotopic (exact) mass is 324 g/mol. The van der Waals surface area contributed by atoms with Crippen LogP contribution in [0.4, 0.5) is 0 Å². The number of hydrogen-bond acceptors (Lipinski definition) is 3. The first-order chi connectivity index (χ1) is 9.13. The number of halogens is 1. The molecule has 0 radical (unpaired) electrons. The molecule has 0 fully saturated rings. The van der Waals surface area contributed by atoms with E-state index in [4.69, 9.17) is 9.47 Å². The van der Waals surface area contributed by atoms with Gasteiger partial charge in [0.2, 0.25) is 0 Å². The summed E-state index contributed by atoms with van der Waals surface area (Å²) in [5, 5.41) is 0. The quantitative estimate of drug-likeness (QED) is 0.335. The molecule has 3 nitrogen and oxygen atoms in total.